The Morgan fingerprint density at radius 3 is 2.53 bits per heavy atom. The first kappa shape index (κ1) is 13.5. The van der Waals surface area contributed by atoms with Crippen LogP contribution < -0.4 is 0 Å². The Morgan fingerprint density at radius 1 is 1.35 bits per heavy atom. The van der Waals surface area contributed by atoms with Gasteiger partial charge in [0, 0.05) is 20.0 Å². The SMILES string of the molecule is CCC(=O)N(C)Cc1cccc(C(F)(F)F)c1. The predicted octanol–water partition coefficient (Wildman–Crippen LogP) is 3.07. The Balaban J connectivity index is 2.83. The molecule has 0 N–H and O–H groups in total. The summed E-state index contributed by atoms with van der Waals surface area (Å²) < 4.78 is 37.3. The quantitative estimate of drug-likeness (QED) is 0.801. The molecule has 2 nitrogen and oxygen atoms in total. The minimum Gasteiger partial charge on any atom is -0.341 e. The molecular weight excluding hydrogens is 231 g/mol. The fourth-order valence-corrected chi connectivity index (χ4v) is 1.48. The van der Waals surface area contributed by atoms with Crippen LogP contribution in [0.2, 0.25) is 0 Å². The molecule has 0 unspecified atom stereocenters. The van der Waals surface area contributed by atoms with Crippen molar-refractivity contribution in [1.29, 1.82) is 0 Å². The van der Waals surface area contributed by atoms with Crippen LogP contribution in [-0.4, -0.2) is 17.9 Å². The number of amides is 1. The molecule has 1 aromatic carbocycles. The summed E-state index contributed by atoms with van der Waals surface area (Å²) in [7, 11) is 1.58. The normalized spacial score (nSPS) is 11.4. The van der Waals surface area contributed by atoms with E-state index in [4.69, 9.17) is 0 Å². The van der Waals surface area contributed by atoms with Gasteiger partial charge in [-0.3, -0.25) is 4.79 Å². The molecule has 0 saturated heterocycles. The number of benzene rings is 1. The maximum Gasteiger partial charge on any atom is 0.416 e. The second kappa shape index (κ2) is 5.21. The second-order valence-electron chi connectivity index (χ2n) is 3.80. The van der Waals surface area contributed by atoms with Crippen molar-refractivity contribution in [3.8, 4) is 0 Å². The molecule has 0 atom stereocenters. The summed E-state index contributed by atoms with van der Waals surface area (Å²) in [4.78, 5) is 12.7. The van der Waals surface area contributed by atoms with Gasteiger partial charge < -0.3 is 4.90 Å². The summed E-state index contributed by atoms with van der Waals surface area (Å²) in [5, 5.41) is 0. The molecule has 0 bridgehead atoms. The van der Waals surface area contributed by atoms with Crippen LogP contribution in [0.4, 0.5) is 13.2 Å². The summed E-state index contributed by atoms with van der Waals surface area (Å²) in [5.41, 5.74) is -0.212. The van der Waals surface area contributed by atoms with Gasteiger partial charge in [-0.1, -0.05) is 19.1 Å². The molecule has 17 heavy (non-hydrogen) atoms. The topological polar surface area (TPSA) is 20.3 Å². The fourth-order valence-electron chi connectivity index (χ4n) is 1.48. The molecule has 0 fully saturated rings. The van der Waals surface area contributed by atoms with Crippen LogP contribution in [0.3, 0.4) is 0 Å². The number of carbonyl (C=O) groups is 1. The van der Waals surface area contributed by atoms with E-state index in [1.54, 1.807) is 20.0 Å². The molecule has 0 radical (unpaired) electrons. The van der Waals surface area contributed by atoms with E-state index in [0.29, 0.717) is 12.0 Å². The molecule has 0 aliphatic carbocycles. The van der Waals surface area contributed by atoms with Crippen LogP contribution in [0.25, 0.3) is 0 Å². The number of carbonyl (C=O) groups excluding carboxylic acids is 1. The van der Waals surface area contributed by atoms with Gasteiger partial charge in [-0.25, -0.2) is 0 Å². The van der Waals surface area contributed by atoms with Gasteiger partial charge in [-0.05, 0) is 17.7 Å². The van der Waals surface area contributed by atoms with Crippen molar-refractivity contribution in [1.82, 2.24) is 4.90 Å². The second-order valence-corrected chi connectivity index (χ2v) is 3.80. The monoisotopic (exact) mass is 245 g/mol. The first-order valence-electron chi connectivity index (χ1n) is 5.24. The van der Waals surface area contributed by atoms with Crippen molar-refractivity contribution in [2.24, 2.45) is 0 Å². The highest BCUT2D eigenvalue weighted by molar-refractivity contribution is 5.75. The Bertz CT molecular complexity index is 401. The van der Waals surface area contributed by atoms with E-state index >= 15 is 0 Å². The van der Waals surface area contributed by atoms with Crippen molar-refractivity contribution in [3.05, 3.63) is 35.4 Å². The minimum atomic E-state index is -4.34. The Labute approximate surface area is 98.0 Å². The minimum absolute atomic E-state index is 0.0950. The lowest BCUT2D eigenvalue weighted by atomic mass is 10.1. The maximum atomic E-state index is 12.4. The first-order chi connectivity index (χ1) is 7.84. The van der Waals surface area contributed by atoms with Gasteiger partial charge in [0.05, 0.1) is 5.56 Å². The molecule has 94 valence electrons. The Hall–Kier alpha value is -1.52. The van der Waals surface area contributed by atoms with Crippen molar-refractivity contribution in [2.75, 3.05) is 7.05 Å². The zero-order valence-corrected chi connectivity index (χ0v) is 9.71. The molecule has 0 aliphatic rings. The lowest BCUT2D eigenvalue weighted by Gasteiger charge is -2.17. The zero-order valence-electron chi connectivity index (χ0n) is 9.71. The summed E-state index contributed by atoms with van der Waals surface area (Å²) in [6.07, 6.45) is -4.00. The van der Waals surface area contributed by atoms with Gasteiger partial charge >= 0.3 is 6.18 Å². The summed E-state index contributed by atoms with van der Waals surface area (Å²) in [6, 6.07) is 5.02. The fraction of sp³-hybridized carbons (Fsp3) is 0.417. The van der Waals surface area contributed by atoms with Gasteiger partial charge in [0.1, 0.15) is 0 Å². The van der Waals surface area contributed by atoms with Crippen LogP contribution >= 0.6 is 0 Å². The van der Waals surface area contributed by atoms with Crippen LogP contribution in [0, 0.1) is 0 Å². The van der Waals surface area contributed by atoms with Crippen molar-refractivity contribution in [3.63, 3.8) is 0 Å². The molecule has 1 amide bonds. The van der Waals surface area contributed by atoms with Gasteiger partial charge in [0.15, 0.2) is 0 Å². The number of hydrogen-bond acceptors (Lipinski definition) is 1. The van der Waals surface area contributed by atoms with E-state index < -0.39 is 11.7 Å². The summed E-state index contributed by atoms with van der Waals surface area (Å²) >= 11 is 0. The van der Waals surface area contributed by atoms with E-state index in [1.807, 2.05) is 0 Å². The van der Waals surface area contributed by atoms with Crippen molar-refractivity contribution >= 4 is 5.91 Å². The third-order valence-electron chi connectivity index (χ3n) is 2.40. The number of hydrogen-bond donors (Lipinski definition) is 0. The molecule has 0 aliphatic heterocycles. The van der Waals surface area contributed by atoms with Crippen LogP contribution in [0.1, 0.15) is 24.5 Å². The van der Waals surface area contributed by atoms with Crippen molar-refractivity contribution in [2.45, 2.75) is 26.1 Å². The number of nitrogens with zero attached hydrogens (tertiary/aromatic N) is 1. The van der Waals surface area contributed by atoms with Gasteiger partial charge in [0.25, 0.3) is 0 Å². The van der Waals surface area contributed by atoms with Crippen LogP contribution in [0.5, 0.6) is 0 Å². The lowest BCUT2D eigenvalue weighted by Crippen LogP contribution is -2.25. The third-order valence-corrected chi connectivity index (χ3v) is 2.40. The predicted molar refractivity (Wildman–Crippen MR) is 58.2 cm³/mol. The molecule has 0 heterocycles. The number of alkyl halides is 3. The molecule has 0 spiro atoms. The van der Waals surface area contributed by atoms with E-state index in [2.05, 4.69) is 0 Å². The average molecular weight is 245 g/mol. The maximum absolute atomic E-state index is 12.4. The molecular formula is C12H14F3NO. The highest BCUT2D eigenvalue weighted by atomic mass is 19.4. The Morgan fingerprint density at radius 2 is 2.00 bits per heavy atom. The van der Waals surface area contributed by atoms with Crippen LogP contribution in [-0.2, 0) is 17.5 Å². The molecule has 0 saturated carbocycles. The Kier molecular flexibility index (Phi) is 4.15. The van der Waals surface area contributed by atoms with Gasteiger partial charge in [-0.15, -0.1) is 0 Å². The molecule has 5 heteroatoms. The molecule has 1 rings (SSSR count). The van der Waals surface area contributed by atoms with Crippen molar-refractivity contribution < 1.29 is 18.0 Å². The van der Waals surface area contributed by atoms with E-state index in [-0.39, 0.29) is 12.5 Å². The van der Waals surface area contributed by atoms with E-state index in [1.165, 1.54) is 11.0 Å². The zero-order chi connectivity index (χ0) is 13.1. The van der Waals surface area contributed by atoms with E-state index in [0.717, 1.165) is 12.1 Å². The lowest BCUT2D eigenvalue weighted by molar-refractivity contribution is -0.137. The first-order valence-corrected chi connectivity index (χ1v) is 5.24. The van der Waals surface area contributed by atoms with Gasteiger partial charge in [-0.2, -0.15) is 13.2 Å². The third kappa shape index (κ3) is 3.76. The number of halogens is 3. The smallest absolute Gasteiger partial charge is 0.341 e. The largest absolute Gasteiger partial charge is 0.416 e. The van der Waals surface area contributed by atoms with Gasteiger partial charge in [0.2, 0.25) is 5.91 Å². The number of rotatable bonds is 3. The van der Waals surface area contributed by atoms with Crippen LogP contribution in [0.15, 0.2) is 24.3 Å². The molecule has 0 aromatic heterocycles. The summed E-state index contributed by atoms with van der Waals surface area (Å²) in [5.74, 6) is -0.0950. The highest BCUT2D eigenvalue weighted by Gasteiger charge is 2.30. The highest BCUT2D eigenvalue weighted by Crippen LogP contribution is 2.29. The average Bonchev–Trinajstić information content (AvgIpc) is 2.27. The summed E-state index contributed by atoms with van der Waals surface area (Å²) in [6.45, 7) is 1.90. The standard InChI is InChI=1S/C12H14F3NO/c1-3-11(17)16(2)8-9-5-4-6-10(7-9)12(13,14)15/h4-7H,3,8H2,1-2H3. The molecule has 1 aromatic rings. The van der Waals surface area contributed by atoms with E-state index in [9.17, 15) is 18.0 Å².